The lowest BCUT2D eigenvalue weighted by atomic mass is 10.1. The molecule has 0 fully saturated rings. The first-order chi connectivity index (χ1) is 30.6. The molecule has 0 aromatic rings. The largest absolute Gasteiger partial charge is 0.477 e. The van der Waals surface area contributed by atoms with Gasteiger partial charge in [-0.15, -0.1) is 0 Å². The van der Waals surface area contributed by atoms with Crippen LogP contribution >= 0.6 is 0 Å². The van der Waals surface area contributed by atoms with Gasteiger partial charge in [-0.2, -0.15) is 0 Å². The SMILES string of the molecule is CC/C=C/C/C=C/C/C=C/C/C=C/C/C=C/C/C=C/CCCCCCC(=O)OC(COCCC(C(=O)O)[N+](C)(C)C)COC(=O)CC/C=C/C/C=C/C/C=C/C/C=C/C/C=C/CC. The van der Waals surface area contributed by atoms with Gasteiger partial charge in [-0.25, -0.2) is 4.79 Å². The number of quaternary nitrogens is 1. The van der Waals surface area contributed by atoms with Gasteiger partial charge in [0, 0.05) is 19.3 Å². The van der Waals surface area contributed by atoms with Gasteiger partial charge in [-0.3, -0.25) is 9.59 Å². The summed E-state index contributed by atoms with van der Waals surface area (Å²) in [6.07, 6.45) is 63.7. The van der Waals surface area contributed by atoms with Crippen LogP contribution in [0.3, 0.4) is 0 Å². The van der Waals surface area contributed by atoms with Gasteiger partial charge in [0.15, 0.2) is 12.1 Å². The summed E-state index contributed by atoms with van der Waals surface area (Å²) in [6, 6.07) is -0.640. The summed E-state index contributed by atoms with van der Waals surface area (Å²) in [5.74, 6) is -1.63. The van der Waals surface area contributed by atoms with Crippen LogP contribution in [0.4, 0.5) is 0 Å². The van der Waals surface area contributed by atoms with E-state index in [1.165, 1.54) is 0 Å². The minimum Gasteiger partial charge on any atom is -0.477 e. The van der Waals surface area contributed by atoms with E-state index in [1.807, 2.05) is 33.3 Å². The Labute approximate surface area is 383 Å². The quantitative estimate of drug-likeness (QED) is 0.0283. The normalized spacial score (nSPS) is 14.1. The van der Waals surface area contributed by atoms with Gasteiger partial charge in [0.05, 0.1) is 34.4 Å². The Morgan fingerprint density at radius 1 is 0.476 bits per heavy atom. The number of carbonyl (C=O) groups excluding carboxylic acids is 2. The zero-order valence-electron chi connectivity index (χ0n) is 40.0. The lowest BCUT2D eigenvalue weighted by Crippen LogP contribution is -2.50. The molecule has 0 saturated heterocycles. The van der Waals surface area contributed by atoms with Crippen molar-refractivity contribution in [3.8, 4) is 0 Å². The number of nitrogens with zero attached hydrogens (tertiary/aromatic N) is 1. The zero-order valence-corrected chi connectivity index (χ0v) is 40.0. The van der Waals surface area contributed by atoms with Gasteiger partial charge in [0.1, 0.15) is 6.61 Å². The number of esters is 2. The second kappa shape index (κ2) is 44.1. The summed E-state index contributed by atoms with van der Waals surface area (Å²) < 4.78 is 17.2. The van der Waals surface area contributed by atoms with Crippen molar-refractivity contribution in [2.45, 2.75) is 154 Å². The Hall–Kier alpha value is -4.53. The van der Waals surface area contributed by atoms with Crippen LogP contribution in [0.25, 0.3) is 0 Å². The molecule has 0 saturated carbocycles. The number of carboxylic acids is 1. The van der Waals surface area contributed by atoms with E-state index in [2.05, 4.69) is 135 Å². The van der Waals surface area contributed by atoms with Crippen LogP contribution in [0.1, 0.15) is 142 Å². The zero-order chi connectivity index (χ0) is 46.3. The molecule has 2 atom stereocenters. The van der Waals surface area contributed by atoms with Crippen LogP contribution in [0.5, 0.6) is 0 Å². The number of unbranched alkanes of at least 4 members (excludes halogenated alkanes) is 4. The maximum absolute atomic E-state index is 12.8. The van der Waals surface area contributed by atoms with Crippen LogP contribution in [-0.4, -0.2) is 80.6 Å². The second-order valence-electron chi connectivity index (χ2n) is 16.2. The molecular formula is C55H86NO7+. The molecule has 0 aromatic heterocycles. The van der Waals surface area contributed by atoms with E-state index in [9.17, 15) is 19.5 Å². The van der Waals surface area contributed by atoms with Gasteiger partial charge in [-0.05, 0) is 96.3 Å². The minimum atomic E-state index is -0.895. The Morgan fingerprint density at radius 3 is 1.29 bits per heavy atom. The highest BCUT2D eigenvalue weighted by molar-refractivity contribution is 5.72. The number of allylic oxidation sites excluding steroid dienone is 22. The van der Waals surface area contributed by atoms with E-state index in [1.54, 1.807) is 0 Å². The number of hydrogen-bond acceptors (Lipinski definition) is 6. The van der Waals surface area contributed by atoms with Gasteiger partial charge >= 0.3 is 17.9 Å². The fourth-order valence-corrected chi connectivity index (χ4v) is 5.97. The molecule has 1 N–H and O–H groups in total. The monoisotopic (exact) mass is 873 g/mol. The van der Waals surface area contributed by atoms with Gasteiger partial charge < -0.3 is 23.8 Å². The van der Waals surface area contributed by atoms with Crippen LogP contribution in [0, 0.1) is 0 Å². The molecule has 0 aliphatic rings. The summed E-state index contributed by atoms with van der Waals surface area (Å²) in [5, 5.41) is 9.64. The van der Waals surface area contributed by atoms with Crippen molar-refractivity contribution in [2.75, 3.05) is 41.0 Å². The summed E-state index contributed by atoms with van der Waals surface area (Å²) in [6.45, 7) is 4.37. The molecule has 0 rings (SSSR count). The van der Waals surface area contributed by atoms with Crippen molar-refractivity contribution in [1.29, 1.82) is 0 Å². The second-order valence-corrected chi connectivity index (χ2v) is 16.2. The summed E-state index contributed by atoms with van der Waals surface area (Å²) in [7, 11) is 5.48. The van der Waals surface area contributed by atoms with Crippen molar-refractivity contribution < 1.29 is 38.2 Å². The molecular weight excluding hydrogens is 787 g/mol. The maximum Gasteiger partial charge on any atom is 0.362 e. The molecule has 352 valence electrons. The molecule has 0 aliphatic carbocycles. The minimum absolute atomic E-state index is 0.0171. The number of hydrogen-bond donors (Lipinski definition) is 1. The first kappa shape index (κ1) is 58.5. The predicted octanol–water partition coefficient (Wildman–Crippen LogP) is 13.6. The highest BCUT2D eigenvalue weighted by Crippen LogP contribution is 2.11. The first-order valence-electron chi connectivity index (χ1n) is 23.7. The molecule has 8 nitrogen and oxygen atoms in total. The van der Waals surface area contributed by atoms with Gasteiger partial charge in [-0.1, -0.05) is 160 Å². The molecule has 0 bridgehead atoms. The van der Waals surface area contributed by atoms with Gasteiger partial charge in [0.2, 0.25) is 0 Å². The Bertz CT molecular complexity index is 1480. The third kappa shape index (κ3) is 42.5. The summed E-state index contributed by atoms with van der Waals surface area (Å²) in [5.41, 5.74) is 0. The van der Waals surface area contributed by atoms with E-state index in [0.717, 1.165) is 96.3 Å². The van der Waals surface area contributed by atoms with E-state index in [0.29, 0.717) is 19.3 Å². The van der Waals surface area contributed by atoms with Crippen LogP contribution in [0.2, 0.25) is 0 Å². The topological polar surface area (TPSA) is 99.1 Å². The van der Waals surface area contributed by atoms with Crippen molar-refractivity contribution in [1.82, 2.24) is 0 Å². The van der Waals surface area contributed by atoms with E-state index in [-0.39, 0.29) is 49.1 Å². The summed E-state index contributed by atoms with van der Waals surface area (Å²) >= 11 is 0. The van der Waals surface area contributed by atoms with Crippen LogP contribution in [0.15, 0.2) is 134 Å². The molecule has 8 heteroatoms. The Morgan fingerprint density at radius 2 is 0.873 bits per heavy atom. The lowest BCUT2D eigenvalue weighted by molar-refractivity contribution is -0.887. The predicted molar refractivity (Wildman–Crippen MR) is 265 cm³/mol. The van der Waals surface area contributed by atoms with E-state index >= 15 is 0 Å². The molecule has 0 amide bonds. The highest BCUT2D eigenvalue weighted by Gasteiger charge is 2.31. The van der Waals surface area contributed by atoms with E-state index in [4.69, 9.17) is 14.2 Å². The highest BCUT2D eigenvalue weighted by atomic mass is 16.6. The van der Waals surface area contributed by atoms with Crippen molar-refractivity contribution in [3.05, 3.63) is 134 Å². The molecule has 0 aliphatic heterocycles. The molecule has 0 aromatic carbocycles. The maximum atomic E-state index is 12.8. The molecule has 0 radical (unpaired) electrons. The third-order valence-corrected chi connectivity index (χ3v) is 9.56. The number of carboxylic acid groups (broad SMARTS) is 1. The van der Waals surface area contributed by atoms with Crippen molar-refractivity contribution in [3.63, 3.8) is 0 Å². The molecule has 2 unspecified atom stereocenters. The average Bonchev–Trinajstić information content (AvgIpc) is 3.24. The Balaban J connectivity index is 4.48. The average molecular weight is 873 g/mol. The first-order valence-corrected chi connectivity index (χ1v) is 23.7. The Kier molecular flexibility index (Phi) is 40.9. The summed E-state index contributed by atoms with van der Waals surface area (Å²) in [4.78, 5) is 37.0. The fraction of sp³-hybridized carbons (Fsp3) is 0.545. The number of aliphatic carboxylic acids is 1. The third-order valence-electron chi connectivity index (χ3n) is 9.56. The molecule has 0 heterocycles. The number of ether oxygens (including phenoxy) is 3. The van der Waals surface area contributed by atoms with Gasteiger partial charge in [0.25, 0.3) is 0 Å². The van der Waals surface area contributed by atoms with E-state index < -0.39 is 18.1 Å². The lowest BCUT2D eigenvalue weighted by Gasteiger charge is -2.31. The van der Waals surface area contributed by atoms with Crippen LogP contribution in [-0.2, 0) is 28.6 Å². The fourth-order valence-electron chi connectivity index (χ4n) is 5.97. The smallest absolute Gasteiger partial charge is 0.362 e. The molecule has 63 heavy (non-hydrogen) atoms. The number of likely N-dealkylation sites (N-methyl/N-ethyl adjacent to an activating group) is 1. The molecule has 0 spiro atoms. The standard InChI is InChI=1S/C55H85NO7/c1-6-8-10-12-14-16-18-20-22-24-25-26-27-28-29-30-32-34-36-38-40-42-44-46-54(58)63-51(49-61-48-47-52(55(59)60)56(3,4)5)50-62-53(57)45-43-41-39-37-35-33-31-23-21-19-17-15-13-11-9-7-2/h8-11,14-17,20-23,25-26,28-29,32-35,39,41,51-52H,6-7,12-13,18-19,24,27,30-31,36-38,40,42-50H2,1-5H3/p+1/b10-8+,11-9+,16-14+,17-15+,22-20+,23-21+,26-25+,29-28+,34-32+,35-33+,41-39+. The van der Waals surface area contributed by atoms with Crippen molar-refractivity contribution in [2.24, 2.45) is 0 Å². The number of rotatable bonds is 40. The van der Waals surface area contributed by atoms with Crippen molar-refractivity contribution >= 4 is 17.9 Å². The number of carbonyl (C=O) groups is 3. The van der Waals surface area contributed by atoms with Crippen LogP contribution < -0.4 is 0 Å².